The number of nitrogens with one attached hydrogen (secondary N) is 1. The molecule has 1 fully saturated rings. The molecule has 0 aliphatic heterocycles. The Morgan fingerprint density at radius 3 is 2.08 bits per heavy atom. The zero-order valence-corrected chi connectivity index (χ0v) is 8.93. The van der Waals surface area contributed by atoms with Crippen molar-refractivity contribution in [3.05, 3.63) is 0 Å². The van der Waals surface area contributed by atoms with Crippen LogP contribution in [0.4, 0.5) is 0 Å². The molecule has 0 spiro atoms. The molecule has 0 radical (unpaired) electrons. The Balaban J connectivity index is 2.27. The lowest BCUT2D eigenvalue weighted by Gasteiger charge is -2.22. The molecule has 1 saturated carbocycles. The van der Waals surface area contributed by atoms with E-state index in [1.807, 2.05) is 0 Å². The monoisotopic (exact) mass is 169 g/mol. The second-order valence-corrected chi connectivity index (χ2v) is 4.89. The molecule has 1 aliphatic carbocycles. The van der Waals surface area contributed by atoms with E-state index in [9.17, 15) is 0 Å². The Morgan fingerprint density at radius 1 is 1.17 bits per heavy atom. The fraction of sp³-hybridized carbons (Fsp3) is 1.00. The maximum Gasteiger partial charge on any atom is 0.0100 e. The van der Waals surface area contributed by atoms with Crippen molar-refractivity contribution < 1.29 is 0 Å². The SMILES string of the molecule is CC(C)C[C@H](NC(C)C)C1CC1. The van der Waals surface area contributed by atoms with E-state index in [4.69, 9.17) is 0 Å². The van der Waals surface area contributed by atoms with Crippen LogP contribution in [0.2, 0.25) is 0 Å². The maximum atomic E-state index is 3.67. The number of hydrogen-bond acceptors (Lipinski definition) is 1. The molecule has 0 amide bonds. The maximum absolute atomic E-state index is 3.67. The quantitative estimate of drug-likeness (QED) is 0.667. The van der Waals surface area contributed by atoms with Gasteiger partial charge >= 0.3 is 0 Å². The average molecular weight is 169 g/mol. The van der Waals surface area contributed by atoms with E-state index in [1.165, 1.54) is 19.3 Å². The first-order valence-corrected chi connectivity index (χ1v) is 5.35. The van der Waals surface area contributed by atoms with Crippen molar-refractivity contribution in [2.24, 2.45) is 11.8 Å². The van der Waals surface area contributed by atoms with Crippen molar-refractivity contribution in [1.29, 1.82) is 0 Å². The van der Waals surface area contributed by atoms with E-state index < -0.39 is 0 Å². The molecule has 0 bridgehead atoms. The summed E-state index contributed by atoms with van der Waals surface area (Å²) in [6.07, 6.45) is 4.26. The lowest BCUT2D eigenvalue weighted by molar-refractivity contribution is 0.359. The van der Waals surface area contributed by atoms with E-state index in [0.717, 1.165) is 17.9 Å². The molecule has 0 unspecified atom stereocenters. The lowest BCUT2D eigenvalue weighted by Crippen LogP contribution is -2.37. The summed E-state index contributed by atoms with van der Waals surface area (Å²) in [5.74, 6) is 1.83. The predicted octanol–water partition coefficient (Wildman–Crippen LogP) is 2.81. The van der Waals surface area contributed by atoms with Crippen molar-refractivity contribution >= 4 is 0 Å². The van der Waals surface area contributed by atoms with Gasteiger partial charge in [0.2, 0.25) is 0 Å². The van der Waals surface area contributed by atoms with Crippen LogP contribution in [-0.4, -0.2) is 12.1 Å². The Hall–Kier alpha value is -0.0400. The van der Waals surface area contributed by atoms with Gasteiger partial charge < -0.3 is 5.32 Å². The Kier molecular flexibility index (Phi) is 3.57. The summed E-state index contributed by atoms with van der Waals surface area (Å²) in [6, 6.07) is 1.44. The molecule has 1 heteroatoms. The minimum atomic E-state index is 0.648. The fourth-order valence-corrected chi connectivity index (χ4v) is 1.83. The van der Waals surface area contributed by atoms with Crippen LogP contribution in [0.25, 0.3) is 0 Å². The largest absolute Gasteiger partial charge is 0.311 e. The van der Waals surface area contributed by atoms with Gasteiger partial charge in [-0.15, -0.1) is 0 Å². The van der Waals surface area contributed by atoms with Crippen LogP contribution in [-0.2, 0) is 0 Å². The summed E-state index contributed by atoms with van der Waals surface area (Å²) in [7, 11) is 0. The van der Waals surface area contributed by atoms with Gasteiger partial charge in [-0.25, -0.2) is 0 Å². The smallest absolute Gasteiger partial charge is 0.0100 e. The van der Waals surface area contributed by atoms with Gasteiger partial charge in [0.25, 0.3) is 0 Å². The molecule has 0 aromatic heterocycles. The van der Waals surface area contributed by atoms with Crippen LogP contribution < -0.4 is 5.32 Å². The highest BCUT2D eigenvalue weighted by atomic mass is 15.0. The highest BCUT2D eigenvalue weighted by Gasteiger charge is 2.31. The third kappa shape index (κ3) is 3.57. The third-order valence-corrected chi connectivity index (χ3v) is 2.46. The molecule has 1 atom stereocenters. The third-order valence-electron chi connectivity index (χ3n) is 2.46. The summed E-state index contributed by atoms with van der Waals surface area (Å²) in [6.45, 7) is 9.13. The van der Waals surface area contributed by atoms with Crippen LogP contribution >= 0.6 is 0 Å². The van der Waals surface area contributed by atoms with E-state index in [1.54, 1.807) is 0 Å². The molecule has 0 heterocycles. The molecular weight excluding hydrogens is 146 g/mol. The minimum Gasteiger partial charge on any atom is -0.311 e. The van der Waals surface area contributed by atoms with E-state index in [2.05, 4.69) is 33.0 Å². The van der Waals surface area contributed by atoms with Crippen molar-refractivity contribution in [3.63, 3.8) is 0 Å². The summed E-state index contributed by atoms with van der Waals surface area (Å²) < 4.78 is 0. The predicted molar refractivity (Wildman–Crippen MR) is 54.2 cm³/mol. The van der Waals surface area contributed by atoms with Gasteiger partial charge in [-0.1, -0.05) is 27.7 Å². The number of hydrogen-bond donors (Lipinski definition) is 1. The van der Waals surface area contributed by atoms with E-state index in [0.29, 0.717) is 6.04 Å². The van der Waals surface area contributed by atoms with Crippen molar-refractivity contribution in [2.45, 2.75) is 59.0 Å². The minimum absolute atomic E-state index is 0.648. The molecule has 0 aromatic carbocycles. The van der Waals surface area contributed by atoms with Gasteiger partial charge in [-0.2, -0.15) is 0 Å². The summed E-state index contributed by atoms with van der Waals surface area (Å²) in [4.78, 5) is 0. The first kappa shape index (κ1) is 10.0. The molecule has 1 N–H and O–H groups in total. The molecule has 12 heavy (non-hydrogen) atoms. The number of rotatable bonds is 5. The fourth-order valence-electron chi connectivity index (χ4n) is 1.83. The summed E-state index contributed by atoms with van der Waals surface area (Å²) >= 11 is 0. The normalized spacial score (nSPS) is 20.5. The highest BCUT2D eigenvalue weighted by molar-refractivity contribution is 4.87. The van der Waals surface area contributed by atoms with Gasteiger partial charge in [0, 0.05) is 12.1 Å². The van der Waals surface area contributed by atoms with Crippen molar-refractivity contribution in [3.8, 4) is 0 Å². The topological polar surface area (TPSA) is 12.0 Å². The van der Waals surface area contributed by atoms with Gasteiger partial charge in [-0.05, 0) is 31.1 Å². The average Bonchev–Trinajstić information content (AvgIpc) is 2.63. The Labute approximate surface area is 76.9 Å². The van der Waals surface area contributed by atoms with Crippen LogP contribution in [0.1, 0.15) is 47.0 Å². The molecular formula is C11H23N. The van der Waals surface area contributed by atoms with Crippen LogP contribution in [0, 0.1) is 11.8 Å². The van der Waals surface area contributed by atoms with Crippen LogP contribution in [0.5, 0.6) is 0 Å². The van der Waals surface area contributed by atoms with Crippen molar-refractivity contribution in [1.82, 2.24) is 5.32 Å². The molecule has 1 aliphatic rings. The molecule has 0 saturated heterocycles. The molecule has 1 rings (SSSR count). The van der Waals surface area contributed by atoms with Crippen LogP contribution in [0.3, 0.4) is 0 Å². The molecule has 0 aromatic rings. The van der Waals surface area contributed by atoms with Gasteiger partial charge in [0.1, 0.15) is 0 Å². The zero-order chi connectivity index (χ0) is 9.14. The second kappa shape index (κ2) is 4.27. The highest BCUT2D eigenvalue weighted by Crippen LogP contribution is 2.35. The lowest BCUT2D eigenvalue weighted by atomic mass is 9.99. The molecule has 72 valence electrons. The molecule has 1 nitrogen and oxygen atoms in total. The summed E-state index contributed by atoms with van der Waals surface area (Å²) in [5.41, 5.74) is 0. The van der Waals surface area contributed by atoms with Gasteiger partial charge in [0.15, 0.2) is 0 Å². The Morgan fingerprint density at radius 2 is 1.75 bits per heavy atom. The summed E-state index contributed by atoms with van der Waals surface area (Å²) in [5, 5.41) is 3.67. The first-order valence-electron chi connectivity index (χ1n) is 5.35. The van der Waals surface area contributed by atoms with Gasteiger partial charge in [0.05, 0.1) is 0 Å². The second-order valence-electron chi connectivity index (χ2n) is 4.89. The van der Waals surface area contributed by atoms with E-state index in [-0.39, 0.29) is 0 Å². The first-order chi connectivity index (χ1) is 5.59. The standard InChI is InChI=1S/C11H23N/c1-8(2)7-11(10-5-6-10)12-9(3)4/h8-12H,5-7H2,1-4H3/t11-/m0/s1. The van der Waals surface area contributed by atoms with E-state index >= 15 is 0 Å². The zero-order valence-electron chi connectivity index (χ0n) is 8.93. The van der Waals surface area contributed by atoms with Crippen LogP contribution in [0.15, 0.2) is 0 Å². The van der Waals surface area contributed by atoms with Crippen molar-refractivity contribution in [2.75, 3.05) is 0 Å². The van der Waals surface area contributed by atoms with Gasteiger partial charge in [-0.3, -0.25) is 0 Å². The Bertz CT molecular complexity index is 115.